The van der Waals surface area contributed by atoms with Gasteiger partial charge in [0.05, 0.1) is 0 Å². The largest absolute Gasteiger partial charge is 2.00 e. The number of pyridine rings is 2. The molecule has 0 unspecified atom stereocenters. The van der Waals surface area contributed by atoms with Crippen molar-refractivity contribution in [2.45, 2.75) is 4.90 Å². The van der Waals surface area contributed by atoms with Crippen LogP contribution in [0.25, 0.3) is 22.6 Å². The van der Waals surface area contributed by atoms with Crippen LogP contribution in [0.5, 0.6) is 11.8 Å². The van der Waals surface area contributed by atoms with Crippen LogP contribution >= 0.6 is 0 Å². The van der Waals surface area contributed by atoms with Crippen molar-refractivity contribution in [3.8, 4) is 34.4 Å². The van der Waals surface area contributed by atoms with Crippen molar-refractivity contribution in [2.24, 2.45) is 0 Å². The van der Waals surface area contributed by atoms with E-state index in [-0.39, 0.29) is 21.1 Å². The summed E-state index contributed by atoms with van der Waals surface area (Å²) < 4.78 is 5.68. The van der Waals surface area contributed by atoms with Gasteiger partial charge in [0.2, 0.25) is 11.8 Å². The van der Waals surface area contributed by atoms with Crippen LogP contribution in [-0.4, -0.2) is 19.9 Å². The van der Waals surface area contributed by atoms with E-state index in [1.54, 1.807) is 18.3 Å². The standard InChI is InChI=1S/C20H13N4OS.Pt/c26-18-8-2-1-6-14(18)16-12-17(23-13-22-16)15-7-5-10-20(24-15)25-19-9-3-4-11-21-19;/h1-11,13,26H;/q-1;+2/p-1. The average Bonchev–Trinajstić information content (AvgIpc) is 2.69. The maximum atomic E-state index is 5.68. The van der Waals surface area contributed by atoms with Gasteiger partial charge in [-0.05, 0) is 29.2 Å². The topological polar surface area (TPSA) is 60.8 Å². The molecule has 0 atom stereocenters. The molecule has 7 heteroatoms. The average molecular weight is 551 g/mol. The summed E-state index contributed by atoms with van der Waals surface area (Å²) in [5.74, 6) is 0.906. The fraction of sp³-hybridized carbons (Fsp3) is 0. The number of nitrogens with zero attached hydrogens (tertiary/aromatic N) is 4. The number of ether oxygens (including phenoxy) is 1. The summed E-state index contributed by atoms with van der Waals surface area (Å²) in [7, 11) is 0. The fourth-order valence-corrected chi connectivity index (χ4v) is 2.61. The van der Waals surface area contributed by atoms with E-state index in [0.29, 0.717) is 33.7 Å². The Balaban J connectivity index is 0.00000210. The smallest absolute Gasteiger partial charge is 0.792 e. The molecule has 3 heterocycles. The summed E-state index contributed by atoms with van der Waals surface area (Å²) in [6.45, 7) is 0. The van der Waals surface area contributed by atoms with E-state index in [1.807, 2.05) is 48.5 Å². The Morgan fingerprint density at radius 2 is 1.56 bits per heavy atom. The van der Waals surface area contributed by atoms with Gasteiger partial charge in [0.1, 0.15) is 6.33 Å². The molecule has 0 bridgehead atoms. The van der Waals surface area contributed by atoms with Gasteiger partial charge in [-0.1, -0.05) is 36.4 Å². The van der Waals surface area contributed by atoms with E-state index < -0.39 is 0 Å². The second-order valence-electron chi connectivity index (χ2n) is 5.32. The first-order chi connectivity index (χ1) is 12.8. The first-order valence-corrected chi connectivity index (χ1v) is 8.27. The van der Waals surface area contributed by atoms with E-state index in [1.165, 1.54) is 6.33 Å². The van der Waals surface area contributed by atoms with Crippen LogP contribution in [0.4, 0.5) is 0 Å². The molecular formula is C20H12N4OPtS. The molecule has 5 nitrogen and oxygen atoms in total. The Kier molecular flexibility index (Phi) is 6.22. The van der Waals surface area contributed by atoms with Gasteiger partial charge in [-0.25, -0.2) is 9.88 Å². The molecule has 27 heavy (non-hydrogen) atoms. The number of hydrogen-bond acceptors (Lipinski definition) is 6. The van der Waals surface area contributed by atoms with Crippen LogP contribution in [-0.2, 0) is 33.7 Å². The summed E-state index contributed by atoms with van der Waals surface area (Å²) in [6.07, 6.45) is 3.15. The zero-order valence-electron chi connectivity index (χ0n) is 13.8. The molecule has 0 aliphatic heterocycles. The SMILES string of the molecule is [Pt+2].[S-]c1ccccc1-c1[c-]c(-c2cccc(Oc3ccccn3)n2)ncn1. The Labute approximate surface area is 176 Å². The molecule has 134 valence electrons. The monoisotopic (exact) mass is 551 g/mol. The minimum atomic E-state index is 0. The molecule has 0 N–H and O–H groups in total. The van der Waals surface area contributed by atoms with Gasteiger partial charge in [0.25, 0.3) is 0 Å². The molecule has 0 saturated heterocycles. The first-order valence-electron chi connectivity index (χ1n) is 7.87. The van der Waals surface area contributed by atoms with Crippen LogP contribution in [0.3, 0.4) is 0 Å². The summed E-state index contributed by atoms with van der Waals surface area (Å²) in [5.41, 5.74) is 2.68. The molecular weight excluding hydrogens is 539 g/mol. The van der Waals surface area contributed by atoms with Gasteiger partial charge in [0.15, 0.2) is 0 Å². The van der Waals surface area contributed by atoms with Gasteiger partial charge in [-0.3, -0.25) is 15.0 Å². The van der Waals surface area contributed by atoms with E-state index in [9.17, 15) is 0 Å². The molecule has 3 aromatic heterocycles. The predicted molar refractivity (Wildman–Crippen MR) is 99.5 cm³/mol. The first kappa shape index (κ1) is 19.1. The molecule has 4 rings (SSSR count). The van der Waals surface area contributed by atoms with Crippen molar-refractivity contribution in [1.82, 2.24) is 19.9 Å². The predicted octanol–water partition coefficient (Wildman–Crippen LogP) is 4.10. The van der Waals surface area contributed by atoms with Crippen molar-refractivity contribution >= 4 is 12.6 Å². The number of rotatable bonds is 4. The third-order valence-corrected chi connectivity index (χ3v) is 3.92. The van der Waals surface area contributed by atoms with E-state index in [4.69, 9.17) is 17.4 Å². The van der Waals surface area contributed by atoms with Gasteiger partial charge in [0, 0.05) is 12.3 Å². The summed E-state index contributed by atoms with van der Waals surface area (Å²) in [6, 6.07) is 21.7. The second-order valence-corrected chi connectivity index (χ2v) is 5.76. The van der Waals surface area contributed by atoms with Crippen LogP contribution in [0.2, 0.25) is 0 Å². The maximum Gasteiger partial charge on any atom is 2.00 e. The van der Waals surface area contributed by atoms with Gasteiger partial charge < -0.3 is 17.4 Å². The van der Waals surface area contributed by atoms with Crippen LogP contribution in [0, 0.1) is 6.07 Å². The summed E-state index contributed by atoms with van der Waals surface area (Å²) in [5, 5.41) is 0. The quantitative estimate of drug-likeness (QED) is 0.281. The van der Waals surface area contributed by atoms with Crippen molar-refractivity contribution in [2.75, 3.05) is 0 Å². The van der Waals surface area contributed by atoms with Crippen molar-refractivity contribution < 1.29 is 25.8 Å². The van der Waals surface area contributed by atoms with E-state index in [2.05, 4.69) is 26.0 Å². The molecule has 1 aromatic carbocycles. The number of benzene rings is 1. The Morgan fingerprint density at radius 1 is 0.778 bits per heavy atom. The molecule has 0 radical (unpaired) electrons. The van der Waals surface area contributed by atoms with Crippen LogP contribution < -0.4 is 4.74 Å². The van der Waals surface area contributed by atoms with Crippen LogP contribution in [0.1, 0.15) is 0 Å². The molecule has 0 aliphatic rings. The summed E-state index contributed by atoms with van der Waals surface area (Å²) >= 11 is 5.36. The summed E-state index contributed by atoms with van der Waals surface area (Å²) in [4.78, 5) is 17.9. The second kappa shape index (κ2) is 8.80. The molecule has 0 saturated carbocycles. The normalized spacial score (nSPS) is 10.1. The number of hydrogen-bond donors (Lipinski definition) is 0. The third kappa shape index (κ3) is 4.53. The van der Waals surface area contributed by atoms with Gasteiger partial charge >= 0.3 is 21.1 Å². The molecule has 4 aromatic rings. The Hall–Kier alpha value is -2.69. The van der Waals surface area contributed by atoms with Gasteiger partial charge in [-0.2, -0.15) is 0 Å². The fourth-order valence-electron chi connectivity index (χ4n) is 2.37. The Morgan fingerprint density at radius 3 is 2.37 bits per heavy atom. The number of aromatic nitrogens is 4. The minimum Gasteiger partial charge on any atom is -0.792 e. The van der Waals surface area contributed by atoms with Crippen LogP contribution in [0.15, 0.2) is 78.1 Å². The third-order valence-electron chi connectivity index (χ3n) is 3.57. The van der Waals surface area contributed by atoms with E-state index >= 15 is 0 Å². The molecule has 0 aliphatic carbocycles. The zero-order valence-corrected chi connectivity index (χ0v) is 16.9. The minimum absolute atomic E-state index is 0. The molecule has 0 amide bonds. The van der Waals surface area contributed by atoms with Crippen molar-refractivity contribution in [3.63, 3.8) is 0 Å². The molecule has 0 spiro atoms. The molecule has 0 fully saturated rings. The zero-order chi connectivity index (χ0) is 17.8. The maximum absolute atomic E-state index is 5.68. The van der Waals surface area contributed by atoms with E-state index in [0.717, 1.165) is 5.56 Å². The van der Waals surface area contributed by atoms with Gasteiger partial charge in [-0.15, -0.1) is 17.7 Å². The van der Waals surface area contributed by atoms with Crippen molar-refractivity contribution in [3.05, 3.63) is 79.3 Å². The van der Waals surface area contributed by atoms with Crippen molar-refractivity contribution in [1.29, 1.82) is 0 Å². The Bertz CT molecular complexity index is 1050.